The molecule has 0 bridgehead atoms. The molecule has 1 heterocycles. The summed E-state index contributed by atoms with van der Waals surface area (Å²) in [6.45, 7) is 3.42. The predicted octanol–water partition coefficient (Wildman–Crippen LogP) is 1.34. The van der Waals surface area contributed by atoms with Crippen LogP contribution in [-0.2, 0) is 0 Å². The van der Waals surface area contributed by atoms with E-state index in [1.807, 2.05) is 0 Å². The number of ether oxygens (including phenoxy) is 1. The van der Waals surface area contributed by atoms with E-state index < -0.39 is 5.72 Å². The van der Waals surface area contributed by atoms with Crippen LogP contribution in [-0.4, -0.2) is 21.0 Å². The zero-order valence-corrected chi connectivity index (χ0v) is 8.61. The van der Waals surface area contributed by atoms with Gasteiger partial charge in [-0.2, -0.15) is 5.10 Å². The Balaban J connectivity index is 2.46. The molecule has 1 aromatic carbocycles. The molecular formula is C10H13N3O2. The molecule has 0 saturated heterocycles. The summed E-state index contributed by atoms with van der Waals surface area (Å²) in [6.07, 6.45) is 1.63. The molecule has 0 aliphatic rings. The fourth-order valence-corrected chi connectivity index (χ4v) is 1.32. The Labute approximate surface area is 86.9 Å². The first-order chi connectivity index (χ1) is 6.96. The molecule has 2 rings (SSSR count). The Kier molecular flexibility index (Phi) is 2.04. The number of aromatic nitrogens is 2. The standard InChI is InChI=1S/C10H13N3O2/c1-10(2,11)15-9-4-7-6(3-8(9)14)5-12-13-7/h3-5,14H,11H2,1-2H3,(H,12,13). The second-order valence-corrected chi connectivity index (χ2v) is 3.98. The lowest BCUT2D eigenvalue weighted by atomic mass is 10.2. The van der Waals surface area contributed by atoms with Gasteiger partial charge in [0.25, 0.3) is 0 Å². The van der Waals surface area contributed by atoms with Gasteiger partial charge in [0.2, 0.25) is 0 Å². The van der Waals surface area contributed by atoms with Gasteiger partial charge >= 0.3 is 0 Å². The molecular weight excluding hydrogens is 194 g/mol. The molecule has 2 aromatic rings. The summed E-state index contributed by atoms with van der Waals surface area (Å²) in [5, 5.41) is 17.1. The molecule has 1 aromatic heterocycles. The first kappa shape index (κ1) is 9.79. The number of benzene rings is 1. The van der Waals surface area contributed by atoms with Gasteiger partial charge in [-0.25, -0.2) is 0 Å². The third kappa shape index (κ3) is 2.02. The molecule has 4 N–H and O–H groups in total. The predicted molar refractivity (Wildman–Crippen MR) is 56.7 cm³/mol. The second-order valence-electron chi connectivity index (χ2n) is 3.98. The Hall–Kier alpha value is -1.75. The number of nitrogens with zero attached hydrogens (tertiary/aromatic N) is 1. The number of nitrogens with one attached hydrogen (secondary N) is 1. The third-order valence-corrected chi connectivity index (χ3v) is 1.89. The van der Waals surface area contributed by atoms with Crippen molar-refractivity contribution in [2.45, 2.75) is 19.6 Å². The van der Waals surface area contributed by atoms with Crippen LogP contribution in [0.15, 0.2) is 18.3 Å². The molecule has 0 radical (unpaired) electrons. The molecule has 0 unspecified atom stereocenters. The molecule has 0 spiro atoms. The van der Waals surface area contributed by atoms with Gasteiger partial charge in [-0.05, 0) is 19.9 Å². The highest BCUT2D eigenvalue weighted by molar-refractivity contribution is 5.81. The van der Waals surface area contributed by atoms with Crippen LogP contribution in [0.25, 0.3) is 10.9 Å². The quantitative estimate of drug-likeness (QED) is 0.649. The van der Waals surface area contributed by atoms with Gasteiger partial charge in [0.1, 0.15) is 0 Å². The Morgan fingerprint density at radius 2 is 2.20 bits per heavy atom. The van der Waals surface area contributed by atoms with Crippen LogP contribution in [0.3, 0.4) is 0 Å². The van der Waals surface area contributed by atoms with E-state index in [4.69, 9.17) is 10.5 Å². The van der Waals surface area contributed by atoms with E-state index in [0.29, 0.717) is 5.75 Å². The van der Waals surface area contributed by atoms with Gasteiger partial charge in [-0.15, -0.1) is 0 Å². The first-order valence-electron chi connectivity index (χ1n) is 4.60. The van der Waals surface area contributed by atoms with Crippen molar-refractivity contribution >= 4 is 10.9 Å². The first-order valence-corrected chi connectivity index (χ1v) is 4.60. The number of hydrogen-bond acceptors (Lipinski definition) is 4. The lowest BCUT2D eigenvalue weighted by molar-refractivity contribution is 0.113. The molecule has 0 fully saturated rings. The summed E-state index contributed by atoms with van der Waals surface area (Å²) in [7, 11) is 0. The molecule has 15 heavy (non-hydrogen) atoms. The minimum atomic E-state index is -0.828. The van der Waals surface area contributed by atoms with Crippen molar-refractivity contribution in [3.63, 3.8) is 0 Å². The maximum Gasteiger partial charge on any atom is 0.165 e. The number of hydrogen-bond donors (Lipinski definition) is 3. The van der Waals surface area contributed by atoms with Crippen LogP contribution < -0.4 is 10.5 Å². The zero-order chi connectivity index (χ0) is 11.1. The van der Waals surface area contributed by atoms with E-state index in [2.05, 4.69) is 10.2 Å². The van der Waals surface area contributed by atoms with Gasteiger partial charge in [0, 0.05) is 11.5 Å². The van der Waals surface area contributed by atoms with Crippen LogP contribution in [0.5, 0.6) is 11.5 Å². The van der Waals surface area contributed by atoms with Crippen molar-refractivity contribution in [1.82, 2.24) is 10.2 Å². The van der Waals surface area contributed by atoms with Crippen molar-refractivity contribution in [3.8, 4) is 11.5 Å². The average Bonchev–Trinajstić information content (AvgIpc) is 2.49. The van der Waals surface area contributed by atoms with Crippen LogP contribution in [0.4, 0.5) is 0 Å². The fraction of sp³-hybridized carbons (Fsp3) is 0.300. The number of phenols is 1. The van der Waals surface area contributed by atoms with E-state index >= 15 is 0 Å². The maximum atomic E-state index is 9.67. The monoisotopic (exact) mass is 207 g/mol. The number of H-pyrrole nitrogens is 1. The maximum absolute atomic E-state index is 9.67. The molecule has 80 valence electrons. The normalized spacial score (nSPS) is 11.9. The SMILES string of the molecule is CC(C)(N)Oc1cc2[nH]ncc2cc1O. The van der Waals surface area contributed by atoms with Gasteiger partial charge in [0.15, 0.2) is 17.2 Å². The van der Waals surface area contributed by atoms with Crippen molar-refractivity contribution in [2.75, 3.05) is 0 Å². The van der Waals surface area contributed by atoms with Gasteiger partial charge in [-0.1, -0.05) is 0 Å². The Morgan fingerprint density at radius 3 is 2.87 bits per heavy atom. The van der Waals surface area contributed by atoms with E-state index in [1.165, 1.54) is 0 Å². The lowest BCUT2D eigenvalue weighted by Gasteiger charge is -2.21. The average molecular weight is 207 g/mol. The van der Waals surface area contributed by atoms with Crippen LogP contribution in [0, 0.1) is 0 Å². The summed E-state index contributed by atoms with van der Waals surface area (Å²) in [4.78, 5) is 0. The number of fused-ring (bicyclic) bond motifs is 1. The van der Waals surface area contributed by atoms with Gasteiger partial charge in [0.05, 0.1) is 11.7 Å². The van der Waals surface area contributed by atoms with E-state index in [-0.39, 0.29) is 5.75 Å². The highest BCUT2D eigenvalue weighted by atomic mass is 16.5. The molecule has 0 saturated carbocycles. The summed E-state index contributed by atoms with van der Waals surface area (Å²) < 4.78 is 5.39. The minimum absolute atomic E-state index is 0.0578. The summed E-state index contributed by atoms with van der Waals surface area (Å²) in [5.41, 5.74) is 5.67. The highest BCUT2D eigenvalue weighted by Gasteiger charge is 2.15. The zero-order valence-electron chi connectivity index (χ0n) is 8.61. The molecule has 0 aliphatic heterocycles. The van der Waals surface area contributed by atoms with Crippen molar-refractivity contribution in [2.24, 2.45) is 5.73 Å². The number of phenolic OH excluding ortho intramolecular Hbond substituents is 1. The molecule has 5 nitrogen and oxygen atoms in total. The summed E-state index contributed by atoms with van der Waals surface area (Å²) in [6, 6.07) is 3.26. The Morgan fingerprint density at radius 1 is 1.47 bits per heavy atom. The van der Waals surface area contributed by atoms with Crippen LogP contribution in [0.2, 0.25) is 0 Å². The topological polar surface area (TPSA) is 84.2 Å². The lowest BCUT2D eigenvalue weighted by Crippen LogP contribution is -2.38. The second kappa shape index (κ2) is 3.13. The van der Waals surface area contributed by atoms with Gasteiger partial charge in [-0.3, -0.25) is 10.8 Å². The largest absolute Gasteiger partial charge is 0.504 e. The van der Waals surface area contributed by atoms with E-state index in [0.717, 1.165) is 10.9 Å². The number of rotatable bonds is 2. The van der Waals surface area contributed by atoms with Crippen molar-refractivity contribution in [3.05, 3.63) is 18.3 Å². The number of aromatic amines is 1. The molecule has 5 heteroatoms. The smallest absolute Gasteiger partial charge is 0.165 e. The minimum Gasteiger partial charge on any atom is -0.504 e. The van der Waals surface area contributed by atoms with Crippen LogP contribution in [0.1, 0.15) is 13.8 Å². The Bertz CT molecular complexity index is 485. The highest BCUT2D eigenvalue weighted by Crippen LogP contribution is 2.31. The fourth-order valence-electron chi connectivity index (χ4n) is 1.32. The number of aromatic hydroxyl groups is 1. The molecule has 0 atom stereocenters. The molecule has 0 amide bonds. The number of nitrogens with two attached hydrogens (primary N) is 1. The van der Waals surface area contributed by atoms with Crippen molar-refractivity contribution < 1.29 is 9.84 Å². The van der Waals surface area contributed by atoms with Crippen LogP contribution >= 0.6 is 0 Å². The van der Waals surface area contributed by atoms with E-state index in [1.54, 1.807) is 32.2 Å². The summed E-state index contributed by atoms with van der Waals surface area (Å²) >= 11 is 0. The molecule has 0 aliphatic carbocycles. The van der Waals surface area contributed by atoms with Gasteiger partial charge < -0.3 is 9.84 Å². The summed E-state index contributed by atoms with van der Waals surface area (Å²) in [5.74, 6) is 0.404. The van der Waals surface area contributed by atoms with Crippen molar-refractivity contribution in [1.29, 1.82) is 0 Å². The third-order valence-electron chi connectivity index (χ3n) is 1.89. The van der Waals surface area contributed by atoms with E-state index in [9.17, 15) is 5.11 Å².